The number of halogens is 1. The van der Waals surface area contributed by atoms with Gasteiger partial charge < -0.3 is 5.32 Å². The molecule has 0 saturated heterocycles. The number of anilines is 1. The minimum Gasteiger partial charge on any atom is -0.322 e. The van der Waals surface area contributed by atoms with Crippen molar-refractivity contribution in [3.63, 3.8) is 0 Å². The van der Waals surface area contributed by atoms with Crippen LogP contribution in [0.2, 0.25) is 5.15 Å². The Morgan fingerprint density at radius 1 is 1.35 bits per heavy atom. The molecule has 0 fully saturated rings. The van der Waals surface area contributed by atoms with Crippen molar-refractivity contribution in [1.29, 1.82) is 0 Å². The zero-order valence-electron chi connectivity index (χ0n) is 14.1. The second-order valence-corrected chi connectivity index (χ2v) is 6.29. The molecule has 0 atom stereocenters. The molecule has 0 saturated carbocycles. The third-order valence-electron chi connectivity index (χ3n) is 3.77. The number of nitrogens with one attached hydrogen (secondary N) is 1. The summed E-state index contributed by atoms with van der Waals surface area (Å²) in [7, 11) is 1.77. The van der Waals surface area contributed by atoms with E-state index < -0.39 is 0 Å². The number of rotatable bonds is 4. The van der Waals surface area contributed by atoms with Crippen LogP contribution in [0, 0.1) is 13.8 Å². The standard InChI is InChI=1S/C18H22ClN3O/c1-11(2)14-8-6-7-12(3)17(14)20-16(23)10-9-15-13(4)21-22(5)18(15)19/h6-11H,1-5H3,(H,20,23)/b10-9+. The average molecular weight is 332 g/mol. The Bertz CT molecular complexity index is 760. The first kappa shape index (κ1) is 17.3. The zero-order valence-corrected chi connectivity index (χ0v) is 14.9. The molecule has 0 radical (unpaired) electrons. The van der Waals surface area contributed by atoms with Gasteiger partial charge >= 0.3 is 0 Å². The molecule has 23 heavy (non-hydrogen) atoms. The average Bonchev–Trinajstić information content (AvgIpc) is 2.72. The van der Waals surface area contributed by atoms with E-state index >= 15 is 0 Å². The second-order valence-electron chi connectivity index (χ2n) is 5.93. The first-order valence-corrected chi connectivity index (χ1v) is 7.96. The molecule has 0 unspecified atom stereocenters. The molecule has 0 aliphatic carbocycles. The maximum atomic E-state index is 12.3. The molecule has 1 aromatic carbocycles. The van der Waals surface area contributed by atoms with E-state index in [1.54, 1.807) is 17.8 Å². The fraction of sp³-hybridized carbons (Fsp3) is 0.333. The van der Waals surface area contributed by atoms with Gasteiger partial charge in [-0.15, -0.1) is 0 Å². The van der Waals surface area contributed by atoms with Crippen molar-refractivity contribution in [3.05, 3.63) is 51.8 Å². The number of nitrogens with zero attached hydrogens (tertiary/aromatic N) is 2. The maximum absolute atomic E-state index is 12.3. The summed E-state index contributed by atoms with van der Waals surface area (Å²) in [5.41, 5.74) is 4.61. The molecular weight excluding hydrogens is 310 g/mol. The number of hydrogen-bond donors (Lipinski definition) is 1. The molecule has 1 N–H and O–H groups in total. The van der Waals surface area contributed by atoms with Crippen molar-refractivity contribution in [2.75, 3.05) is 5.32 Å². The lowest BCUT2D eigenvalue weighted by Crippen LogP contribution is -2.11. The lowest BCUT2D eigenvalue weighted by molar-refractivity contribution is -0.111. The third-order valence-corrected chi connectivity index (χ3v) is 4.22. The fourth-order valence-electron chi connectivity index (χ4n) is 2.50. The molecule has 5 heteroatoms. The summed E-state index contributed by atoms with van der Waals surface area (Å²) in [6, 6.07) is 6.04. The van der Waals surface area contributed by atoms with Crippen molar-refractivity contribution < 1.29 is 4.79 Å². The van der Waals surface area contributed by atoms with Gasteiger partial charge in [0.2, 0.25) is 5.91 Å². The summed E-state index contributed by atoms with van der Waals surface area (Å²) in [5.74, 6) is 0.157. The molecule has 1 aromatic heterocycles. The number of para-hydroxylation sites is 1. The summed E-state index contributed by atoms with van der Waals surface area (Å²) in [5, 5.41) is 7.72. The van der Waals surface area contributed by atoms with Crippen LogP contribution in [0.3, 0.4) is 0 Å². The molecule has 4 nitrogen and oxygen atoms in total. The van der Waals surface area contributed by atoms with Gasteiger partial charge in [0, 0.05) is 24.4 Å². The van der Waals surface area contributed by atoms with Gasteiger partial charge in [0.15, 0.2) is 0 Å². The van der Waals surface area contributed by atoms with Crippen LogP contribution in [0.1, 0.15) is 42.1 Å². The van der Waals surface area contributed by atoms with Crippen molar-refractivity contribution in [2.45, 2.75) is 33.6 Å². The van der Waals surface area contributed by atoms with E-state index in [2.05, 4.69) is 24.3 Å². The van der Waals surface area contributed by atoms with Gasteiger partial charge in [-0.05, 0) is 37.0 Å². The molecule has 0 bridgehead atoms. The Kier molecular flexibility index (Phi) is 5.26. The molecule has 1 amide bonds. The zero-order chi connectivity index (χ0) is 17.1. The minimum absolute atomic E-state index is 0.180. The molecular formula is C18H22ClN3O. The number of aryl methyl sites for hydroxylation is 3. The van der Waals surface area contributed by atoms with Crippen LogP contribution in [0.25, 0.3) is 6.08 Å². The fourth-order valence-corrected chi connectivity index (χ4v) is 2.74. The highest BCUT2D eigenvalue weighted by Crippen LogP contribution is 2.27. The summed E-state index contributed by atoms with van der Waals surface area (Å²) < 4.78 is 1.59. The van der Waals surface area contributed by atoms with Crippen molar-refractivity contribution in [1.82, 2.24) is 9.78 Å². The Labute approximate surface area is 142 Å². The monoisotopic (exact) mass is 331 g/mol. The lowest BCUT2D eigenvalue weighted by Gasteiger charge is -2.15. The molecule has 0 aliphatic heterocycles. The number of amides is 1. The van der Waals surface area contributed by atoms with Crippen LogP contribution in [-0.4, -0.2) is 15.7 Å². The summed E-state index contributed by atoms with van der Waals surface area (Å²) in [4.78, 5) is 12.3. The molecule has 1 heterocycles. The van der Waals surface area contributed by atoms with E-state index in [9.17, 15) is 4.79 Å². The minimum atomic E-state index is -0.180. The largest absolute Gasteiger partial charge is 0.322 e. The van der Waals surface area contributed by atoms with Gasteiger partial charge in [0.25, 0.3) is 0 Å². The smallest absolute Gasteiger partial charge is 0.248 e. The van der Waals surface area contributed by atoms with Gasteiger partial charge in [0.1, 0.15) is 5.15 Å². The Morgan fingerprint density at radius 3 is 2.61 bits per heavy atom. The molecule has 0 spiro atoms. The van der Waals surface area contributed by atoms with Crippen LogP contribution >= 0.6 is 11.6 Å². The predicted octanol–water partition coefficient (Wildman–Crippen LogP) is 4.47. The van der Waals surface area contributed by atoms with Gasteiger partial charge in [-0.1, -0.05) is 43.6 Å². The second kappa shape index (κ2) is 7.01. The van der Waals surface area contributed by atoms with Crippen molar-refractivity contribution >= 4 is 29.3 Å². The van der Waals surface area contributed by atoms with Crippen LogP contribution in [-0.2, 0) is 11.8 Å². The topological polar surface area (TPSA) is 46.9 Å². The van der Waals surface area contributed by atoms with Gasteiger partial charge in [-0.2, -0.15) is 5.10 Å². The van der Waals surface area contributed by atoms with E-state index in [1.807, 2.05) is 32.0 Å². The normalized spacial score (nSPS) is 11.4. The van der Waals surface area contributed by atoms with Crippen LogP contribution in [0.5, 0.6) is 0 Å². The van der Waals surface area contributed by atoms with Crippen LogP contribution < -0.4 is 5.32 Å². The molecule has 122 valence electrons. The number of hydrogen-bond acceptors (Lipinski definition) is 2. The molecule has 2 rings (SSSR count). The molecule has 2 aromatic rings. The Hall–Kier alpha value is -2.07. The highest BCUT2D eigenvalue weighted by molar-refractivity contribution is 6.31. The van der Waals surface area contributed by atoms with E-state index in [1.165, 1.54) is 6.08 Å². The predicted molar refractivity (Wildman–Crippen MR) is 95.9 cm³/mol. The van der Waals surface area contributed by atoms with Gasteiger partial charge in [-0.3, -0.25) is 9.48 Å². The lowest BCUT2D eigenvalue weighted by atomic mass is 9.98. The van der Waals surface area contributed by atoms with Crippen LogP contribution in [0.15, 0.2) is 24.3 Å². The van der Waals surface area contributed by atoms with Gasteiger partial charge in [0.05, 0.1) is 5.69 Å². The summed E-state index contributed by atoms with van der Waals surface area (Å²) in [6.45, 7) is 8.08. The number of carbonyl (C=O) groups excluding carboxylic acids is 1. The highest BCUT2D eigenvalue weighted by atomic mass is 35.5. The van der Waals surface area contributed by atoms with E-state index in [0.29, 0.717) is 11.1 Å². The van der Waals surface area contributed by atoms with E-state index in [0.717, 1.165) is 28.1 Å². The number of carbonyl (C=O) groups is 1. The summed E-state index contributed by atoms with van der Waals surface area (Å²) in [6.07, 6.45) is 3.19. The van der Waals surface area contributed by atoms with Gasteiger partial charge in [-0.25, -0.2) is 0 Å². The van der Waals surface area contributed by atoms with Crippen molar-refractivity contribution in [3.8, 4) is 0 Å². The molecule has 0 aliphatic rings. The van der Waals surface area contributed by atoms with Crippen molar-refractivity contribution in [2.24, 2.45) is 7.05 Å². The van der Waals surface area contributed by atoms with E-state index in [-0.39, 0.29) is 5.91 Å². The summed E-state index contributed by atoms with van der Waals surface area (Å²) >= 11 is 6.17. The van der Waals surface area contributed by atoms with E-state index in [4.69, 9.17) is 11.6 Å². The first-order valence-electron chi connectivity index (χ1n) is 7.59. The first-order chi connectivity index (χ1) is 10.8. The quantitative estimate of drug-likeness (QED) is 0.840. The Morgan fingerprint density at radius 2 is 2.04 bits per heavy atom. The SMILES string of the molecule is Cc1cccc(C(C)C)c1NC(=O)/C=C/c1c(C)nn(C)c1Cl. The third kappa shape index (κ3) is 3.82. The Balaban J connectivity index is 2.22. The van der Waals surface area contributed by atoms with Crippen LogP contribution in [0.4, 0.5) is 5.69 Å². The number of aromatic nitrogens is 2. The maximum Gasteiger partial charge on any atom is 0.248 e. The highest BCUT2D eigenvalue weighted by Gasteiger charge is 2.12. The number of benzene rings is 1.